The van der Waals surface area contributed by atoms with Gasteiger partial charge in [0.1, 0.15) is 17.6 Å². The van der Waals surface area contributed by atoms with Gasteiger partial charge in [0.2, 0.25) is 16.3 Å². The van der Waals surface area contributed by atoms with Gasteiger partial charge in [0.25, 0.3) is 0 Å². The second kappa shape index (κ2) is 13.2. The van der Waals surface area contributed by atoms with E-state index in [1.165, 1.54) is 53.7 Å². The summed E-state index contributed by atoms with van der Waals surface area (Å²) in [6, 6.07) is 18.9. The maximum absolute atomic E-state index is 13.9. The average molecular weight is 643 g/mol. The first kappa shape index (κ1) is 33.4. The number of hydrogen-bond donors (Lipinski definition) is 2. The highest BCUT2D eigenvalue weighted by Crippen LogP contribution is 2.40. The van der Waals surface area contributed by atoms with E-state index in [1.54, 1.807) is 39.0 Å². The average Bonchev–Trinajstić information content (AvgIpc) is 2.94. The number of nitrogens with one attached hydrogen (secondary N) is 1. The zero-order valence-corrected chi connectivity index (χ0v) is 26.0. The summed E-state index contributed by atoms with van der Waals surface area (Å²) in [6.07, 6.45) is -2.67. The Morgan fingerprint density at radius 3 is 2.27 bits per heavy atom. The molecule has 0 radical (unpaired) electrons. The molecule has 1 heterocycles. The van der Waals surface area contributed by atoms with Crippen LogP contribution in [0.25, 0.3) is 0 Å². The third-order valence-corrected chi connectivity index (χ3v) is 8.79. The van der Waals surface area contributed by atoms with Crippen LogP contribution in [0.4, 0.5) is 9.18 Å². The first-order valence-electron chi connectivity index (χ1n) is 14.1. The number of carbonyl (C=O) groups excluding carboxylic acids is 2. The SMILES string of the molecule is C[C@H](OC(=O)N[C@@H](Cc1cccc(S(=O)(=O)N2CC(Oc3cccc(F)c3)(c3ccccc3)C2)c1)C(=O)O)OC(=O)C(C)(C)C. The van der Waals surface area contributed by atoms with Crippen LogP contribution >= 0.6 is 0 Å². The molecule has 1 aliphatic heterocycles. The zero-order valence-electron chi connectivity index (χ0n) is 25.2. The number of carbonyl (C=O) groups is 3. The molecule has 45 heavy (non-hydrogen) atoms. The quantitative estimate of drug-likeness (QED) is 0.228. The summed E-state index contributed by atoms with van der Waals surface area (Å²) in [5, 5.41) is 11.9. The van der Waals surface area contributed by atoms with E-state index in [-0.39, 0.29) is 30.2 Å². The highest BCUT2D eigenvalue weighted by atomic mass is 32.2. The summed E-state index contributed by atoms with van der Waals surface area (Å²) in [6.45, 7) is 6.09. The monoisotopic (exact) mass is 642 g/mol. The topological polar surface area (TPSA) is 149 Å². The first-order valence-corrected chi connectivity index (χ1v) is 15.5. The van der Waals surface area contributed by atoms with Crippen LogP contribution in [0.3, 0.4) is 0 Å². The number of ether oxygens (including phenoxy) is 3. The second-order valence-corrected chi connectivity index (χ2v) is 13.6. The van der Waals surface area contributed by atoms with E-state index in [0.717, 1.165) is 5.56 Å². The maximum atomic E-state index is 13.9. The third kappa shape index (κ3) is 8.17. The van der Waals surface area contributed by atoms with Gasteiger partial charge in [0.05, 0.1) is 23.4 Å². The molecule has 0 saturated carbocycles. The Balaban J connectivity index is 1.46. The molecule has 0 bridgehead atoms. The lowest BCUT2D eigenvalue weighted by molar-refractivity contribution is -0.174. The summed E-state index contributed by atoms with van der Waals surface area (Å²) in [7, 11) is -4.05. The number of rotatable bonds is 11. The Hall–Kier alpha value is -4.49. The smallest absolute Gasteiger partial charge is 0.410 e. The minimum absolute atomic E-state index is 0.0524. The van der Waals surface area contributed by atoms with E-state index in [0.29, 0.717) is 5.56 Å². The molecule has 0 aliphatic carbocycles. The highest BCUT2D eigenvalue weighted by Gasteiger charge is 2.52. The molecule has 0 unspecified atom stereocenters. The van der Waals surface area contributed by atoms with Gasteiger partial charge in [-0.3, -0.25) is 4.79 Å². The summed E-state index contributed by atoms with van der Waals surface area (Å²) < 4.78 is 58.6. The molecular weight excluding hydrogens is 607 g/mol. The van der Waals surface area contributed by atoms with Crippen molar-refractivity contribution >= 4 is 28.1 Å². The molecule has 0 spiro atoms. The highest BCUT2D eigenvalue weighted by molar-refractivity contribution is 7.89. The van der Waals surface area contributed by atoms with Gasteiger partial charge in [0.15, 0.2) is 5.60 Å². The normalized spacial score (nSPS) is 16.0. The van der Waals surface area contributed by atoms with Crippen LogP contribution in [0.2, 0.25) is 0 Å². The van der Waals surface area contributed by atoms with Crippen molar-refractivity contribution in [2.45, 2.75) is 56.9 Å². The van der Waals surface area contributed by atoms with Crippen LogP contribution in [0.15, 0.2) is 83.8 Å². The van der Waals surface area contributed by atoms with Crippen molar-refractivity contribution in [3.8, 4) is 5.75 Å². The number of carboxylic acids is 1. The van der Waals surface area contributed by atoms with Gasteiger partial charge in [-0.15, -0.1) is 0 Å². The van der Waals surface area contributed by atoms with Crippen LogP contribution in [0.5, 0.6) is 5.75 Å². The van der Waals surface area contributed by atoms with Gasteiger partial charge < -0.3 is 24.6 Å². The van der Waals surface area contributed by atoms with Crippen molar-refractivity contribution in [2.24, 2.45) is 5.41 Å². The lowest BCUT2D eigenvalue weighted by atomic mass is 9.87. The van der Waals surface area contributed by atoms with Crippen LogP contribution < -0.4 is 10.1 Å². The van der Waals surface area contributed by atoms with Gasteiger partial charge in [0, 0.05) is 19.4 Å². The van der Waals surface area contributed by atoms with E-state index in [9.17, 15) is 32.3 Å². The van der Waals surface area contributed by atoms with Crippen molar-refractivity contribution in [1.29, 1.82) is 0 Å². The van der Waals surface area contributed by atoms with Crippen molar-refractivity contribution in [3.05, 3.63) is 95.8 Å². The summed E-state index contributed by atoms with van der Waals surface area (Å²) in [5.74, 6) is -2.23. The summed E-state index contributed by atoms with van der Waals surface area (Å²) in [4.78, 5) is 36.2. The number of carboxylic acid groups (broad SMARTS) is 1. The Bertz CT molecular complexity index is 1650. The number of esters is 1. The Kier molecular flexibility index (Phi) is 9.83. The van der Waals surface area contributed by atoms with Crippen LogP contribution in [-0.4, -0.2) is 61.3 Å². The molecule has 240 valence electrons. The Morgan fingerprint density at radius 2 is 1.64 bits per heavy atom. The molecule has 0 aromatic heterocycles. The predicted octanol–water partition coefficient (Wildman–Crippen LogP) is 4.46. The van der Waals surface area contributed by atoms with Gasteiger partial charge >= 0.3 is 18.0 Å². The van der Waals surface area contributed by atoms with Crippen LogP contribution in [-0.2, 0) is 41.1 Å². The van der Waals surface area contributed by atoms with E-state index >= 15 is 0 Å². The molecule has 11 nitrogen and oxygen atoms in total. The van der Waals surface area contributed by atoms with E-state index < -0.39 is 57.2 Å². The van der Waals surface area contributed by atoms with Crippen molar-refractivity contribution in [3.63, 3.8) is 0 Å². The fraction of sp³-hybridized carbons (Fsp3) is 0.344. The number of sulfonamides is 1. The number of halogens is 1. The molecule has 1 saturated heterocycles. The summed E-state index contributed by atoms with van der Waals surface area (Å²) in [5.41, 5.74) is -0.853. The number of benzene rings is 3. The molecule has 3 aromatic rings. The molecule has 2 N–H and O–H groups in total. The zero-order chi connectivity index (χ0) is 33.0. The minimum atomic E-state index is -4.05. The molecule has 3 aromatic carbocycles. The molecule has 13 heteroatoms. The number of aliphatic carboxylic acids is 1. The van der Waals surface area contributed by atoms with Gasteiger partial charge in [-0.05, 0) is 56.2 Å². The van der Waals surface area contributed by atoms with Crippen LogP contribution in [0, 0.1) is 11.2 Å². The lowest BCUT2D eigenvalue weighted by Gasteiger charge is -2.48. The standard InChI is InChI=1S/C32H35FN2O9S/c1-21(42-29(38)31(2,3)4)43-30(39)34-27(28(36)37)17-22-10-8-15-26(16-22)45(40,41)35-19-32(20-35,23-11-6-5-7-12-23)44-25-14-9-13-24(33)18-25/h5-16,18,21,27H,17,19-20H2,1-4H3,(H,34,39)(H,36,37)/t21-,27-/m0/s1. The number of alkyl carbamates (subject to hydrolysis) is 1. The lowest BCUT2D eigenvalue weighted by Crippen LogP contribution is -2.64. The predicted molar refractivity (Wildman–Crippen MR) is 160 cm³/mol. The minimum Gasteiger partial charge on any atom is -0.480 e. The molecule has 1 fully saturated rings. The fourth-order valence-electron chi connectivity index (χ4n) is 4.59. The maximum Gasteiger partial charge on any atom is 0.410 e. The largest absolute Gasteiger partial charge is 0.480 e. The van der Waals surface area contributed by atoms with Crippen molar-refractivity contribution < 1.29 is 46.5 Å². The van der Waals surface area contributed by atoms with Gasteiger partial charge in [-0.2, -0.15) is 4.31 Å². The molecule has 1 amide bonds. The third-order valence-electron chi connectivity index (χ3n) is 7.00. The number of amides is 1. The fourth-order valence-corrected chi connectivity index (χ4v) is 6.20. The first-order chi connectivity index (χ1) is 21.1. The van der Waals surface area contributed by atoms with Crippen molar-refractivity contribution in [1.82, 2.24) is 9.62 Å². The van der Waals surface area contributed by atoms with Gasteiger partial charge in [-0.1, -0.05) is 48.5 Å². The molecule has 1 aliphatic rings. The van der Waals surface area contributed by atoms with Crippen LogP contribution in [0.1, 0.15) is 38.8 Å². The summed E-state index contributed by atoms with van der Waals surface area (Å²) >= 11 is 0. The molecule has 4 rings (SSSR count). The Morgan fingerprint density at radius 1 is 0.978 bits per heavy atom. The number of hydrogen-bond acceptors (Lipinski definition) is 8. The van der Waals surface area contributed by atoms with Gasteiger partial charge in [-0.25, -0.2) is 22.4 Å². The van der Waals surface area contributed by atoms with E-state index in [4.69, 9.17) is 14.2 Å². The van der Waals surface area contributed by atoms with E-state index in [1.807, 2.05) is 18.2 Å². The number of nitrogens with zero attached hydrogens (tertiary/aromatic N) is 1. The Labute approximate surface area is 261 Å². The molecular formula is C32H35FN2O9S. The second-order valence-electron chi connectivity index (χ2n) is 11.7. The van der Waals surface area contributed by atoms with Crippen molar-refractivity contribution in [2.75, 3.05) is 13.1 Å². The molecule has 2 atom stereocenters. The van der Waals surface area contributed by atoms with E-state index in [2.05, 4.69) is 5.32 Å².